The first-order valence-electron chi connectivity index (χ1n) is 6.28. The molecule has 0 rings (SSSR count). The zero-order valence-electron chi connectivity index (χ0n) is 10.6. The molecular formula is C13H28N+. The van der Waals surface area contributed by atoms with Gasteiger partial charge in [0.25, 0.3) is 0 Å². The van der Waals surface area contributed by atoms with Crippen LogP contribution in [0, 0.1) is 0 Å². The average Bonchev–Trinajstić information content (AvgIpc) is 2.16. The summed E-state index contributed by atoms with van der Waals surface area (Å²) in [6.45, 7) is 13.0. The molecule has 0 spiro atoms. The standard InChI is InChI=1S/C13H28N/c1-5-9-13-14(10-6-2,11-7-3)12-8-4/h9,13H,5-8,10-12H2,1-4H3/q+1. The fraction of sp³-hybridized carbons (Fsp3) is 0.846. The third-order valence-corrected chi connectivity index (χ3v) is 2.66. The molecule has 0 amide bonds. The maximum Gasteiger partial charge on any atom is 0.0918 e. The first-order chi connectivity index (χ1) is 6.74. The van der Waals surface area contributed by atoms with Crippen molar-refractivity contribution in [3.8, 4) is 0 Å². The van der Waals surface area contributed by atoms with Crippen LogP contribution in [-0.4, -0.2) is 24.1 Å². The van der Waals surface area contributed by atoms with Gasteiger partial charge in [-0.1, -0.05) is 27.7 Å². The molecule has 0 bridgehead atoms. The molecule has 0 aromatic heterocycles. The lowest BCUT2D eigenvalue weighted by molar-refractivity contribution is -0.879. The van der Waals surface area contributed by atoms with E-state index in [4.69, 9.17) is 0 Å². The van der Waals surface area contributed by atoms with Gasteiger partial charge in [-0.05, 0) is 31.8 Å². The highest BCUT2D eigenvalue weighted by Gasteiger charge is 2.20. The Morgan fingerprint density at radius 2 is 1.21 bits per heavy atom. The molecule has 0 aromatic rings. The van der Waals surface area contributed by atoms with E-state index in [-0.39, 0.29) is 0 Å². The van der Waals surface area contributed by atoms with Crippen molar-refractivity contribution < 1.29 is 4.48 Å². The molecule has 14 heavy (non-hydrogen) atoms. The number of rotatable bonds is 8. The number of nitrogens with zero attached hydrogens (tertiary/aromatic N) is 1. The SMILES string of the molecule is CCC=C[N+](CCC)(CCC)CCC. The van der Waals surface area contributed by atoms with Crippen molar-refractivity contribution in [2.75, 3.05) is 19.6 Å². The van der Waals surface area contributed by atoms with Gasteiger partial charge in [-0.15, -0.1) is 0 Å². The third kappa shape index (κ3) is 4.80. The Labute approximate surface area is 90.4 Å². The minimum atomic E-state index is 1.16. The molecule has 0 aromatic carbocycles. The molecule has 0 fully saturated rings. The molecule has 0 radical (unpaired) electrons. The maximum absolute atomic E-state index is 2.44. The van der Waals surface area contributed by atoms with Crippen molar-refractivity contribution in [1.29, 1.82) is 0 Å². The average molecular weight is 198 g/mol. The van der Waals surface area contributed by atoms with Gasteiger partial charge in [-0.2, -0.15) is 0 Å². The third-order valence-electron chi connectivity index (χ3n) is 2.66. The van der Waals surface area contributed by atoms with Crippen LogP contribution in [0.15, 0.2) is 12.3 Å². The van der Waals surface area contributed by atoms with Gasteiger partial charge in [0, 0.05) is 0 Å². The second kappa shape index (κ2) is 8.05. The van der Waals surface area contributed by atoms with Crippen LogP contribution in [0.3, 0.4) is 0 Å². The van der Waals surface area contributed by atoms with Crippen molar-refractivity contribution in [3.63, 3.8) is 0 Å². The van der Waals surface area contributed by atoms with E-state index >= 15 is 0 Å². The van der Waals surface area contributed by atoms with E-state index in [1.165, 1.54) is 43.4 Å². The highest BCUT2D eigenvalue weighted by molar-refractivity contribution is 4.73. The molecule has 0 saturated heterocycles. The van der Waals surface area contributed by atoms with Crippen molar-refractivity contribution >= 4 is 0 Å². The molecule has 0 aliphatic heterocycles. The largest absolute Gasteiger partial charge is 0.298 e. The summed E-state index contributed by atoms with van der Waals surface area (Å²) in [6.07, 6.45) is 9.80. The molecule has 0 unspecified atom stereocenters. The molecule has 0 heterocycles. The Bertz CT molecular complexity index is 132. The number of hydrogen-bond donors (Lipinski definition) is 0. The van der Waals surface area contributed by atoms with Gasteiger partial charge < -0.3 is 0 Å². The van der Waals surface area contributed by atoms with E-state index < -0.39 is 0 Å². The number of hydrogen-bond acceptors (Lipinski definition) is 0. The Hall–Kier alpha value is -0.300. The second-order valence-electron chi connectivity index (χ2n) is 4.18. The smallest absolute Gasteiger partial charge is 0.0918 e. The van der Waals surface area contributed by atoms with Crippen LogP contribution in [0.5, 0.6) is 0 Å². The monoisotopic (exact) mass is 198 g/mol. The van der Waals surface area contributed by atoms with E-state index in [2.05, 4.69) is 40.0 Å². The van der Waals surface area contributed by atoms with Crippen LogP contribution >= 0.6 is 0 Å². The van der Waals surface area contributed by atoms with Gasteiger partial charge in [0.1, 0.15) is 0 Å². The summed E-state index contributed by atoms with van der Waals surface area (Å²) in [5.41, 5.74) is 0. The number of allylic oxidation sites excluding steroid dienone is 1. The summed E-state index contributed by atoms with van der Waals surface area (Å²) < 4.78 is 1.21. The van der Waals surface area contributed by atoms with Crippen molar-refractivity contribution in [1.82, 2.24) is 0 Å². The van der Waals surface area contributed by atoms with E-state index in [1.807, 2.05) is 0 Å². The van der Waals surface area contributed by atoms with Crippen molar-refractivity contribution in [2.24, 2.45) is 0 Å². The quantitative estimate of drug-likeness (QED) is 0.518. The fourth-order valence-corrected chi connectivity index (χ4v) is 2.22. The fourth-order valence-electron chi connectivity index (χ4n) is 2.22. The minimum absolute atomic E-state index is 1.16. The van der Waals surface area contributed by atoms with E-state index in [9.17, 15) is 0 Å². The molecular weight excluding hydrogens is 170 g/mol. The predicted molar refractivity (Wildman–Crippen MR) is 65.2 cm³/mol. The Morgan fingerprint density at radius 3 is 1.50 bits per heavy atom. The maximum atomic E-state index is 2.44. The van der Waals surface area contributed by atoms with E-state index in [0.717, 1.165) is 6.42 Å². The topological polar surface area (TPSA) is 0 Å². The van der Waals surface area contributed by atoms with Gasteiger partial charge in [0.05, 0.1) is 25.8 Å². The van der Waals surface area contributed by atoms with Gasteiger partial charge >= 0.3 is 0 Å². The lowest BCUT2D eigenvalue weighted by Gasteiger charge is -2.34. The highest BCUT2D eigenvalue weighted by Crippen LogP contribution is 2.13. The molecule has 0 N–H and O–H groups in total. The van der Waals surface area contributed by atoms with Crippen LogP contribution in [0.4, 0.5) is 0 Å². The molecule has 0 atom stereocenters. The zero-order valence-corrected chi connectivity index (χ0v) is 10.6. The minimum Gasteiger partial charge on any atom is -0.298 e. The van der Waals surface area contributed by atoms with Gasteiger partial charge in [-0.25, -0.2) is 0 Å². The first-order valence-corrected chi connectivity index (χ1v) is 6.28. The summed E-state index contributed by atoms with van der Waals surface area (Å²) in [5, 5.41) is 0. The van der Waals surface area contributed by atoms with Gasteiger partial charge in [0.2, 0.25) is 0 Å². The van der Waals surface area contributed by atoms with Crippen LogP contribution < -0.4 is 0 Å². The lowest BCUT2D eigenvalue weighted by atomic mass is 10.2. The summed E-state index contributed by atoms with van der Waals surface area (Å²) in [4.78, 5) is 0. The summed E-state index contributed by atoms with van der Waals surface area (Å²) in [5.74, 6) is 0. The Morgan fingerprint density at radius 1 is 0.786 bits per heavy atom. The number of quaternary nitrogens is 1. The van der Waals surface area contributed by atoms with Crippen LogP contribution in [0.1, 0.15) is 53.4 Å². The zero-order chi connectivity index (χ0) is 10.9. The molecule has 0 aliphatic rings. The van der Waals surface area contributed by atoms with E-state index in [1.54, 1.807) is 0 Å². The van der Waals surface area contributed by atoms with Crippen LogP contribution in [0.2, 0.25) is 0 Å². The second-order valence-corrected chi connectivity index (χ2v) is 4.18. The first kappa shape index (κ1) is 13.7. The van der Waals surface area contributed by atoms with E-state index in [0.29, 0.717) is 0 Å². The summed E-state index contributed by atoms with van der Waals surface area (Å²) in [6, 6.07) is 0. The van der Waals surface area contributed by atoms with Gasteiger partial charge in [-0.3, -0.25) is 4.48 Å². The predicted octanol–water partition coefficient (Wildman–Crippen LogP) is 3.96. The summed E-state index contributed by atoms with van der Waals surface area (Å²) in [7, 11) is 0. The van der Waals surface area contributed by atoms with Crippen LogP contribution in [-0.2, 0) is 0 Å². The molecule has 0 aliphatic carbocycles. The normalized spacial score (nSPS) is 12.6. The highest BCUT2D eigenvalue weighted by atomic mass is 15.3. The summed E-state index contributed by atoms with van der Waals surface area (Å²) >= 11 is 0. The van der Waals surface area contributed by atoms with Crippen LogP contribution in [0.25, 0.3) is 0 Å². The molecule has 84 valence electrons. The Balaban J connectivity index is 4.45. The van der Waals surface area contributed by atoms with Crippen molar-refractivity contribution in [2.45, 2.75) is 53.4 Å². The molecule has 1 nitrogen and oxygen atoms in total. The molecule has 1 heteroatoms. The lowest BCUT2D eigenvalue weighted by Crippen LogP contribution is -2.44. The van der Waals surface area contributed by atoms with Gasteiger partial charge in [0.15, 0.2) is 0 Å². The van der Waals surface area contributed by atoms with Crippen molar-refractivity contribution in [3.05, 3.63) is 12.3 Å². The Kier molecular flexibility index (Phi) is 7.87. The molecule has 0 saturated carbocycles.